The fourth-order valence-electron chi connectivity index (χ4n) is 5.30. The van der Waals surface area contributed by atoms with Crippen molar-refractivity contribution >= 4 is 21.4 Å². The highest BCUT2D eigenvalue weighted by Crippen LogP contribution is 2.29. The number of hydrogen-bond donors (Lipinski definition) is 1. The zero-order valence-electron chi connectivity index (χ0n) is 20.6. The van der Waals surface area contributed by atoms with Gasteiger partial charge in [-0.15, -0.1) is 0 Å². The third kappa shape index (κ3) is 6.06. The van der Waals surface area contributed by atoms with Gasteiger partial charge >= 0.3 is 0 Å². The standard InChI is InChI=1S/C27H37N3O3S/c1-4-30(19-20-13-15-29(2)16-14-20)25-10-6-21-5-9-24(17-23(21)18-25)28-27(31)22-7-11-26(12-8-22)34(3,32)33/h5,7-9,11-12,17,20,25H,4,6,10,13-16,18-19H2,1-3H3,(H,28,31). The summed E-state index contributed by atoms with van der Waals surface area (Å²) in [5, 5.41) is 2.99. The molecule has 34 heavy (non-hydrogen) atoms. The molecule has 1 atom stereocenters. The van der Waals surface area contributed by atoms with Crippen molar-refractivity contribution < 1.29 is 13.2 Å². The quantitative estimate of drug-likeness (QED) is 0.648. The highest BCUT2D eigenvalue weighted by molar-refractivity contribution is 7.90. The van der Waals surface area contributed by atoms with Crippen LogP contribution in [0.3, 0.4) is 0 Å². The number of amides is 1. The highest BCUT2D eigenvalue weighted by atomic mass is 32.2. The second-order valence-electron chi connectivity index (χ2n) is 9.96. The number of sulfone groups is 1. The summed E-state index contributed by atoms with van der Waals surface area (Å²) in [6, 6.07) is 12.8. The van der Waals surface area contributed by atoms with E-state index < -0.39 is 9.84 Å². The van der Waals surface area contributed by atoms with Crippen LogP contribution in [-0.2, 0) is 22.7 Å². The Morgan fingerprint density at radius 2 is 1.76 bits per heavy atom. The van der Waals surface area contributed by atoms with E-state index in [0.29, 0.717) is 11.6 Å². The van der Waals surface area contributed by atoms with Crippen LogP contribution in [0, 0.1) is 5.92 Å². The van der Waals surface area contributed by atoms with Crippen LogP contribution in [0.4, 0.5) is 5.69 Å². The molecular weight excluding hydrogens is 446 g/mol. The number of piperidine rings is 1. The van der Waals surface area contributed by atoms with Gasteiger partial charge in [0.05, 0.1) is 4.90 Å². The fraction of sp³-hybridized carbons (Fsp3) is 0.519. The summed E-state index contributed by atoms with van der Waals surface area (Å²) in [4.78, 5) is 18.1. The maximum Gasteiger partial charge on any atom is 0.255 e. The summed E-state index contributed by atoms with van der Waals surface area (Å²) in [5.41, 5.74) is 3.93. The van der Waals surface area contributed by atoms with E-state index in [2.05, 4.69) is 41.2 Å². The van der Waals surface area contributed by atoms with Gasteiger partial charge in [0.25, 0.3) is 5.91 Å². The number of anilines is 1. The Labute approximate surface area is 204 Å². The first-order chi connectivity index (χ1) is 16.2. The SMILES string of the molecule is CCN(CC1CCN(C)CC1)C1CCc2ccc(NC(=O)c3ccc(S(C)(=O)=O)cc3)cc2C1. The summed E-state index contributed by atoms with van der Waals surface area (Å²) in [6.07, 6.45) is 7.02. The van der Waals surface area contributed by atoms with Crippen molar-refractivity contribution in [3.63, 3.8) is 0 Å². The maximum absolute atomic E-state index is 12.7. The summed E-state index contributed by atoms with van der Waals surface area (Å²) in [7, 11) is -1.06. The summed E-state index contributed by atoms with van der Waals surface area (Å²) < 4.78 is 23.3. The van der Waals surface area contributed by atoms with E-state index in [1.165, 1.54) is 62.2 Å². The second-order valence-corrected chi connectivity index (χ2v) is 12.0. The molecule has 6 nitrogen and oxygen atoms in total. The van der Waals surface area contributed by atoms with Gasteiger partial charge in [0.15, 0.2) is 9.84 Å². The Morgan fingerprint density at radius 3 is 2.41 bits per heavy atom. The van der Waals surface area contributed by atoms with E-state index in [0.717, 1.165) is 37.2 Å². The van der Waals surface area contributed by atoms with Crippen LogP contribution in [-0.4, -0.2) is 69.6 Å². The monoisotopic (exact) mass is 483 g/mol. The lowest BCUT2D eigenvalue weighted by molar-refractivity contribution is 0.102. The predicted octanol–water partition coefficient (Wildman–Crippen LogP) is 3.86. The van der Waals surface area contributed by atoms with Crippen molar-refractivity contribution in [2.24, 2.45) is 5.92 Å². The molecule has 1 fully saturated rings. The van der Waals surface area contributed by atoms with Gasteiger partial charge in [-0.05, 0) is 112 Å². The zero-order valence-corrected chi connectivity index (χ0v) is 21.4. The third-order valence-corrected chi connectivity index (χ3v) is 8.59. The number of carbonyl (C=O) groups excluding carboxylic acids is 1. The van der Waals surface area contributed by atoms with Crippen LogP contribution in [0.15, 0.2) is 47.4 Å². The molecule has 1 aliphatic carbocycles. The van der Waals surface area contributed by atoms with E-state index in [9.17, 15) is 13.2 Å². The number of rotatable bonds is 7. The Morgan fingerprint density at radius 1 is 1.06 bits per heavy atom. The minimum atomic E-state index is -3.28. The van der Waals surface area contributed by atoms with Crippen molar-refractivity contribution in [2.75, 3.05) is 44.8 Å². The number of carbonyl (C=O) groups is 1. The maximum atomic E-state index is 12.7. The molecule has 2 aromatic rings. The van der Waals surface area contributed by atoms with Crippen molar-refractivity contribution in [1.29, 1.82) is 0 Å². The van der Waals surface area contributed by atoms with Crippen molar-refractivity contribution in [3.05, 3.63) is 59.2 Å². The molecule has 2 aromatic carbocycles. The molecule has 1 amide bonds. The van der Waals surface area contributed by atoms with Gasteiger partial charge in [-0.3, -0.25) is 4.79 Å². The molecule has 184 valence electrons. The first-order valence-electron chi connectivity index (χ1n) is 12.4. The third-order valence-electron chi connectivity index (χ3n) is 7.46. The normalized spacial score (nSPS) is 19.7. The summed E-state index contributed by atoms with van der Waals surface area (Å²) in [6.45, 7) is 6.94. The molecule has 1 heterocycles. The number of nitrogens with one attached hydrogen (secondary N) is 1. The average molecular weight is 484 g/mol. The van der Waals surface area contributed by atoms with Gasteiger partial charge in [0.2, 0.25) is 0 Å². The summed E-state index contributed by atoms with van der Waals surface area (Å²) >= 11 is 0. The lowest BCUT2D eigenvalue weighted by Crippen LogP contribution is -2.44. The first kappa shape index (κ1) is 24.9. The Kier molecular flexibility index (Phi) is 7.75. The highest BCUT2D eigenvalue weighted by Gasteiger charge is 2.27. The molecule has 1 saturated heterocycles. The number of hydrogen-bond acceptors (Lipinski definition) is 5. The largest absolute Gasteiger partial charge is 0.322 e. The van der Waals surface area contributed by atoms with Crippen molar-refractivity contribution in [2.45, 2.75) is 50.0 Å². The van der Waals surface area contributed by atoms with Gasteiger partial charge in [-0.25, -0.2) is 8.42 Å². The molecule has 1 unspecified atom stereocenters. The van der Waals surface area contributed by atoms with Crippen LogP contribution in [0.25, 0.3) is 0 Å². The molecule has 2 aliphatic rings. The van der Waals surface area contributed by atoms with E-state index in [1.807, 2.05) is 6.07 Å². The Hall–Kier alpha value is -2.22. The predicted molar refractivity (Wildman–Crippen MR) is 137 cm³/mol. The number of aryl methyl sites for hydroxylation is 1. The number of benzene rings is 2. The van der Waals surface area contributed by atoms with Gasteiger partial charge < -0.3 is 15.1 Å². The van der Waals surface area contributed by atoms with E-state index in [4.69, 9.17) is 0 Å². The molecular formula is C27H37N3O3S. The Bertz CT molecular complexity index is 1110. The van der Waals surface area contributed by atoms with Gasteiger partial charge in [0.1, 0.15) is 0 Å². The molecule has 0 spiro atoms. The van der Waals surface area contributed by atoms with Crippen molar-refractivity contribution in [1.82, 2.24) is 9.80 Å². The van der Waals surface area contributed by atoms with Gasteiger partial charge in [0, 0.05) is 30.1 Å². The zero-order chi connectivity index (χ0) is 24.3. The molecule has 0 bridgehead atoms. The van der Waals surface area contributed by atoms with Crippen LogP contribution in [0.2, 0.25) is 0 Å². The lowest BCUT2D eigenvalue weighted by Gasteiger charge is -2.38. The van der Waals surface area contributed by atoms with Crippen LogP contribution < -0.4 is 5.32 Å². The molecule has 4 rings (SSSR count). The van der Waals surface area contributed by atoms with Crippen LogP contribution in [0.5, 0.6) is 0 Å². The van der Waals surface area contributed by atoms with Crippen LogP contribution in [0.1, 0.15) is 47.7 Å². The molecule has 0 radical (unpaired) electrons. The minimum Gasteiger partial charge on any atom is -0.322 e. The lowest BCUT2D eigenvalue weighted by atomic mass is 9.86. The Balaban J connectivity index is 1.40. The smallest absolute Gasteiger partial charge is 0.255 e. The molecule has 7 heteroatoms. The number of fused-ring (bicyclic) bond motifs is 1. The van der Waals surface area contributed by atoms with Gasteiger partial charge in [-0.2, -0.15) is 0 Å². The van der Waals surface area contributed by atoms with Gasteiger partial charge in [-0.1, -0.05) is 13.0 Å². The second kappa shape index (κ2) is 10.6. The molecule has 1 N–H and O–H groups in total. The molecule has 1 aliphatic heterocycles. The topological polar surface area (TPSA) is 69.7 Å². The van der Waals surface area contributed by atoms with Crippen LogP contribution >= 0.6 is 0 Å². The number of likely N-dealkylation sites (N-methyl/N-ethyl adjacent to an activating group) is 1. The first-order valence-corrected chi connectivity index (χ1v) is 14.3. The molecule has 0 saturated carbocycles. The summed E-state index contributed by atoms with van der Waals surface area (Å²) in [5.74, 6) is 0.557. The average Bonchev–Trinajstić information content (AvgIpc) is 2.83. The number of nitrogens with zero attached hydrogens (tertiary/aromatic N) is 2. The van der Waals surface area contributed by atoms with E-state index in [1.54, 1.807) is 12.1 Å². The van der Waals surface area contributed by atoms with Crippen molar-refractivity contribution in [3.8, 4) is 0 Å². The minimum absolute atomic E-state index is 0.213. The fourth-order valence-corrected chi connectivity index (χ4v) is 5.93. The molecule has 0 aromatic heterocycles. The number of likely N-dealkylation sites (tertiary alicyclic amines) is 1. The van der Waals surface area contributed by atoms with E-state index in [-0.39, 0.29) is 10.8 Å². The van der Waals surface area contributed by atoms with E-state index >= 15 is 0 Å².